The molecule has 0 saturated heterocycles. The molecule has 1 amide bonds. The molecule has 8 heteroatoms. The number of amides is 1. The van der Waals surface area contributed by atoms with Crippen LogP contribution in [0.25, 0.3) is 0 Å². The van der Waals surface area contributed by atoms with Gasteiger partial charge in [-0.15, -0.1) is 16.4 Å². The zero-order valence-electron chi connectivity index (χ0n) is 14.8. The Balaban J connectivity index is 1.61. The summed E-state index contributed by atoms with van der Waals surface area (Å²) >= 11 is 3.00. The van der Waals surface area contributed by atoms with Gasteiger partial charge < -0.3 is 10.1 Å². The summed E-state index contributed by atoms with van der Waals surface area (Å²) in [7, 11) is 1.58. The minimum Gasteiger partial charge on any atom is -0.495 e. The molecule has 0 saturated carbocycles. The van der Waals surface area contributed by atoms with Gasteiger partial charge in [0.1, 0.15) is 11.6 Å². The van der Waals surface area contributed by atoms with Gasteiger partial charge >= 0.3 is 0 Å². The standard InChI is InChI=1S/C18H20N4O2S2/c1-11-6-7-15(24-3)14(9-11)19-17(23)12(2)26-18-20-16(21-22-18)10-13-5-4-8-25-13/h4-9,12H,10H2,1-3H3,(H,19,23)(H,20,21,22). The Morgan fingerprint density at radius 2 is 2.27 bits per heavy atom. The van der Waals surface area contributed by atoms with E-state index in [1.54, 1.807) is 18.4 Å². The first-order valence-corrected chi connectivity index (χ1v) is 9.87. The first-order chi connectivity index (χ1) is 12.5. The number of aryl methyl sites for hydroxylation is 1. The number of aromatic amines is 1. The van der Waals surface area contributed by atoms with Gasteiger partial charge in [0.05, 0.1) is 18.0 Å². The number of methoxy groups -OCH3 is 1. The molecule has 1 atom stereocenters. The third-order valence-electron chi connectivity index (χ3n) is 3.70. The van der Waals surface area contributed by atoms with Gasteiger partial charge in [-0.25, -0.2) is 4.98 Å². The summed E-state index contributed by atoms with van der Waals surface area (Å²) in [5.41, 5.74) is 1.71. The minimum atomic E-state index is -0.342. The maximum Gasteiger partial charge on any atom is 0.237 e. The monoisotopic (exact) mass is 388 g/mol. The SMILES string of the molecule is COc1ccc(C)cc1NC(=O)C(C)Sc1n[nH]c(Cc2cccs2)n1. The van der Waals surface area contributed by atoms with Gasteiger partial charge in [-0.2, -0.15) is 0 Å². The van der Waals surface area contributed by atoms with Crippen molar-refractivity contribution in [3.63, 3.8) is 0 Å². The quantitative estimate of drug-likeness (QED) is 0.600. The van der Waals surface area contributed by atoms with Crippen LogP contribution >= 0.6 is 23.1 Å². The van der Waals surface area contributed by atoms with Gasteiger partial charge in [0, 0.05) is 11.3 Å². The van der Waals surface area contributed by atoms with Crippen LogP contribution in [-0.4, -0.2) is 33.4 Å². The topological polar surface area (TPSA) is 79.9 Å². The van der Waals surface area contributed by atoms with E-state index in [2.05, 4.69) is 26.6 Å². The van der Waals surface area contributed by atoms with E-state index in [4.69, 9.17) is 4.74 Å². The van der Waals surface area contributed by atoms with Gasteiger partial charge in [-0.3, -0.25) is 9.89 Å². The highest BCUT2D eigenvalue weighted by Gasteiger charge is 2.19. The Labute approximate surface area is 160 Å². The predicted octanol–water partition coefficient (Wildman–Crippen LogP) is 3.89. The predicted molar refractivity (Wildman–Crippen MR) is 105 cm³/mol. The van der Waals surface area contributed by atoms with E-state index in [0.717, 1.165) is 11.4 Å². The number of hydrogen-bond donors (Lipinski definition) is 2. The lowest BCUT2D eigenvalue weighted by Gasteiger charge is -2.13. The van der Waals surface area contributed by atoms with Crippen molar-refractivity contribution in [3.8, 4) is 5.75 Å². The summed E-state index contributed by atoms with van der Waals surface area (Å²) in [5, 5.41) is 12.3. The number of anilines is 1. The average molecular weight is 389 g/mol. The molecular formula is C18H20N4O2S2. The number of aromatic nitrogens is 3. The van der Waals surface area contributed by atoms with Crippen molar-refractivity contribution < 1.29 is 9.53 Å². The van der Waals surface area contributed by atoms with Crippen LogP contribution < -0.4 is 10.1 Å². The number of nitrogens with one attached hydrogen (secondary N) is 2. The number of carbonyl (C=O) groups excluding carboxylic acids is 1. The lowest BCUT2D eigenvalue weighted by atomic mass is 10.2. The largest absolute Gasteiger partial charge is 0.495 e. The van der Waals surface area contributed by atoms with Gasteiger partial charge in [0.2, 0.25) is 11.1 Å². The summed E-state index contributed by atoms with van der Waals surface area (Å²) in [6.07, 6.45) is 0.715. The number of carbonyl (C=O) groups is 1. The number of benzene rings is 1. The number of nitrogens with zero attached hydrogens (tertiary/aromatic N) is 2. The van der Waals surface area contributed by atoms with Crippen LogP contribution in [0.2, 0.25) is 0 Å². The number of thioether (sulfide) groups is 1. The summed E-state index contributed by atoms with van der Waals surface area (Å²) in [6, 6.07) is 9.74. The molecule has 6 nitrogen and oxygen atoms in total. The molecule has 2 heterocycles. The fraction of sp³-hybridized carbons (Fsp3) is 0.278. The van der Waals surface area contributed by atoms with Crippen molar-refractivity contribution in [1.82, 2.24) is 15.2 Å². The Kier molecular flexibility index (Phi) is 5.95. The molecule has 0 bridgehead atoms. The summed E-state index contributed by atoms with van der Waals surface area (Å²) in [5.74, 6) is 1.31. The van der Waals surface area contributed by atoms with Gasteiger partial charge in [0.25, 0.3) is 0 Å². The van der Waals surface area contributed by atoms with Crippen LogP contribution in [-0.2, 0) is 11.2 Å². The molecule has 0 aliphatic carbocycles. The molecule has 0 aliphatic heterocycles. The third-order valence-corrected chi connectivity index (χ3v) is 5.53. The molecule has 2 aromatic heterocycles. The van der Waals surface area contributed by atoms with Gasteiger partial charge in [-0.05, 0) is 43.0 Å². The lowest BCUT2D eigenvalue weighted by Crippen LogP contribution is -2.22. The fourth-order valence-electron chi connectivity index (χ4n) is 2.35. The van der Waals surface area contributed by atoms with E-state index in [-0.39, 0.29) is 11.2 Å². The van der Waals surface area contributed by atoms with Crippen molar-refractivity contribution in [1.29, 1.82) is 0 Å². The van der Waals surface area contributed by atoms with E-state index >= 15 is 0 Å². The van der Waals surface area contributed by atoms with Crippen molar-refractivity contribution in [2.24, 2.45) is 0 Å². The summed E-state index contributed by atoms with van der Waals surface area (Å²) < 4.78 is 5.30. The Morgan fingerprint density at radius 3 is 3.00 bits per heavy atom. The smallest absolute Gasteiger partial charge is 0.237 e. The van der Waals surface area contributed by atoms with Crippen LogP contribution in [0.4, 0.5) is 5.69 Å². The van der Waals surface area contributed by atoms with Crippen LogP contribution in [0.1, 0.15) is 23.2 Å². The molecule has 0 aliphatic rings. The van der Waals surface area contributed by atoms with E-state index < -0.39 is 0 Å². The number of hydrogen-bond acceptors (Lipinski definition) is 6. The van der Waals surface area contributed by atoms with Crippen molar-refractivity contribution >= 4 is 34.7 Å². The number of H-pyrrole nitrogens is 1. The molecular weight excluding hydrogens is 368 g/mol. The Hall–Kier alpha value is -2.32. The number of thiophene rings is 1. The lowest BCUT2D eigenvalue weighted by molar-refractivity contribution is -0.115. The maximum absolute atomic E-state index is 12.5. The van der Waals surface area contributed by atoms with Gasteiger partial charge in [0.15, 0.2) is 0 Å². The van der Waals surface area contributed by atoms with E-state index in [1.807, 2.05) is 43.5 Å². The molecule has 0 radical (unpaired) electrons. The molecule has 1 aromatic carbocycles. The molecule has 0 fully saturated rings. The highest BCUT2D eigenvalue weighted by Crippen LogP contribution is 2.27. The molecule has 136 valence electrons. The highest BCUT2D eigenvalue weighted by molar-refractivity contribution is 8.00. The second-order valence-corrected chi connectivity index (χ2v) is 8.11. The van der Waals surface area contributed by atoms with Crippen molar-refractivity contribution in [2.45, 2.75) is 30.7 Å². The van der Waals surface area contributed by atoms with Crippen LogP contribution in [0.3, 0.4) is 0 Å². The molecule has 3 rings (SSSR count). The van der Waals surface area contributed by atoms with E-state index in [0.29, 0.717) is 23.0 Å². The summed E-state index contributed by atoms with van der Waals surface area (Å²) in [6.45, 7) is 3.80. The van der Waals surface area contributed by atoms with Crippen LogP contribution in [0.5, 0.6) is 5.75 Å². The zero-order valence-corrected chi connectivity index (χ0v) is 16.4. The second kappa shape index (κ2) is 8.37. The highest BCUT2D eigenvalue weighted by atomic mass is 32.2. The molecule has 2 N–H and O–H groups in total. The third kappa shape index (κ3) is 4.64. The molecule has 1 unspecified atom stereocenters. The zero-order chi connectivity index (χ0) is 18.5. The fourth-order valence-corrected chi connectivity index (χ4v) is 3.81. The second-order valence-electron chi connectivity index (χ2n) is 5.77. The maximum atomic E-state index is 12.5. The average Bonchev–Trinajstić information content (AvgIpc) is 3.27. The van der Waals surface area contributed by atoms with Gasteiger partial charge in [-0.1, -0.05) is 23.9 Å². The molecule has 3 aromatic rings. The summed E-state index contributed by atoms with van der Waals surface area (Å²) in [4.78, 5) is 18.2. The molecule has 26 heavy (non-hydrogen) atoms. The molecule has 0 spiro atoms. The number of ether oxygens (including phenoxy) is 1. The van der Waals surface area contributed by atoms with E-state index in [9.17, 15) is 4.79 Å². The Morgan fingerprint density at radius 1 is 1.42 bits per heavy atom. The first kappa shape index (κ1) is 18.5. The first-order valence-electron chi connectivity index (χ1n) is 8.11. The normalized spacial score (nSPS) is 12.0. The van der Waals surface area contributed by atoms with Crippen LogP contribution in [0.15, 0.2) is 40.9 Å². The Bertz CT molecular complexity index is 877. The van der Waals surface area contributed by atoms with Crippen LogP contribution in [0, 0.1) is 6.92 Å². The number of rotatable bonds is 7. The van der Waals surface area contributed by atoms with Crippen molar-refractivity contribution in [3.05, 3.63) is 52.0 Å². The van der Waals surface area contributed by atoms with E-state index in [1.165, 1.54) is 16.6 Å². The minimum absolute atomic E-state index is 0.122. The van der Waals surface area contributed by atoms with Crippen molar-refractivity contribution in [2.75, 3.05) is 12.4 Å².